The van der Waals surface area contributed by atoms with Gasteiger partial charge in [0.1, 0.15) is 0 Å². The Hall–Kier alpha value is -0.700. The van der Waals surface area contributed by atoms with E-state index >= 15 is 0 Å². The zero-order chi connectivity index (χ0) is 17.2. The van der Waals surface area contributed by atoms with Gasteiger partial charge >= 0.3 is 0 Å². The van der Waals surface area contributed by atoms with E-state index in [0.29, 0.717) is 13.0 Å². The molecule has 2 aliphatic rings. The average Bonchev–Trinajstić information content (AvgIpc) is 2.84. The normalized spacial score (nSPS) is 29.6. The van der Waals surface area contributed by atoms with Crippen LogP contribution in [0.2, 0.25) is 0 Å². The number of rotatable bonds is 5. The number of nitrogens with zero attached hydrogens (tertiary/aromatic N) is 3. The van der Waals surface area contributed by atoms with Gasteiger partial charge in [0, 0.05) is 32.7 Å². The summed E-state index contributed by atoms with van der Waals surface area (Å²) in [6.07, 6.45) is 0.648. The van der Waals surface area contributed by atoms with E-state index in [1.807, 2.05) is 21.0 Å². The largest absolute Gasteiger partial charge is 0.374 e. The molecule has 7 nitrogen and oxygen atoms in total. The molecule has 0 aromatic carbocycles. The molecule has 2 saturated heterocycles. The number of hydrogen-bond donors (Lipinski definition) is 0. The number of ether oxygens (including phenoxy) is 1. The molecule has 0 N–H and O–H groups in total. The second-order valence-electron chi connectivity index (χ2n) is 6.93. The molecular weight excluding hydrogens is 318 g/mol. The molecule has 0 aromatic heterocycles. The van der Waals surface area contributed by atoms with Gasteiger partial charge in [0.15, 0.2) is 9.84 Å². The maximum Gasteiger partial charge on any atom is 0.239 e. The average molecular weight is 347 g/mol. The highest BCUT2D eigenvalue weighted by Crippen LogP contribution is 2.19. The summed E-state index contributed by atoms with van der Waals surface area (Å²) in [6, 6.07) is -0.439. The van der Waals surface area contributed by atoms with Crippen molar-refractivity contribution in [1.82, 2.24) is 14.7 Å². The molecule has 2 aliphatic heterocycles. The lowest BCUT2D eigenvalue weighted by molar-refractivity contribution is -0.140. The molecule has 23 heavy (non-hydrogen) atoms. The summed E-state index contributed by atoms with van der Waals surface area (Å²) in [5, 5.41) is 0. The standard InChI is InChI=1S/C15H29N3O4S/c1-12(18-6-7-22-14(10-18)9-16(2)3)15(19)17(4)13-5-8-23(20,21)11-13/h12-14H,5-11H2,1-4H3. The minimum Gasteiger partial charge on any atom is -0.374 e. The molecule has 0 aliphatic carbocycles. The Bertz CT molecular complexity index is 523. The van der Waals surface area contributed by atoms with Crippen LogP contribution in [0, 0.1) is 0 Å². The predicted octanol–water partition coefficient (Wildman–Crippen LogP) is -0.717. The van der Waals surface area contributed by atoms with E-state index in [-0.39, 0.29) is 35.6 Å². The maximum atomic E-state index is 12.7. The van der Waals surface area contributed by atoms with Gasteiger partial charge in [0.2, 0.25) is 5.91 Å². The summed E-state index contributed by atoms with van der Waals surface area (Å²) in [4.78, 5) is 18.6. The van der Waals surface area contributed by atoms with Gasteiger partial charge in [-0.3, -0.25) is 9.69 Å². The number of morpholine rings is 1. The van der Waals surface area contributed by atoms with Crippen LogP contribution in [-0.2, 0) is 19.4 Å². The zero-order valence-corrected chi connectivity index (χ0v) is 15.4. The first-order valence-electron chi connectivity index (χ1n) is 8.17. The highest BCUT2D eigenvalue weighted by Gasteiger charge is 2.36. The molecule has 8 heteroatoms. The van der Waals surface area contributed by atoms with Crippen molar-refractivity contribution in [3.05, 3.63) is 0 Å². The van der Waals surface area contributed by atoms with Gasteiger partial charge in [-0.15, -0.1) is 0 Å². The topological polar surface area (TPSA) is 70.2 Å². The van der Waals surface area contributed by atoms with E-state index in [0.717, 1.165) is 19.6 Å². The van der Waals surface area contributed by atoms with E-state index in [1.165, 1.54) is 0 Å². The summed E-state index contributed by atoms with van der Waals surface area (Å²) in [5.41, 5.74) is 0. The lowest BCUT2D eigenvalue weighted by Gasteiger charge is -2.39. The Morgan fingerprint density at radius 2 is 2.04 bits per heavy atom. The van der Waals surface area contributed by atoms with Crippen molar-refractivity contribution < 1.29 is 17.9 Å². The smallest absolute Gasteiger partial charge is 0.239 e. The van der Waals surface area contributed by atoms with Crippen LogP contribution >= 0.6 is 0 Å². The van der Waals surface area contributed by atoms with Gasteiger partial charge in [-0.2, -0.15) is 0 Å². The second kappa shape index (κ2) is 7.46. The molecule has 134 valence electrons. The quantitative estimate of drug-likeness (QED) is 0.654. The zero-order valence-electron chi connectivity index (χ0n) is 14.6. The Labute approximate surface area is 139 Å². The highest BCUT2D eigenvalue weighted by atomic mass is 32.2. The fourth-order valence-corrected chi connectivity index (χ4v) is 5.10. The molecule has 3 unspecified atom stereocenters. The predicted molar refractivity (Wildman–Crippen MR) is 89.2 cm³/mol. The van der Waals surface area contributed by atoms with Gasteiger partial charge in [-0.25, -0.2) is 8.42 Å². The summed E-state index contributed by atoms with van der Waals surface area (Å²) in [5.74, 6) is 0.276. The third kappa shape index (κ3) is 4.89. The fourth-order valence-electron chi connectivity index (χ4n) is 3.32. The molecule has 2 rings (SSSR count). The van der Waals surface area contributed by atoms with Crippen LogP contribution in [0.5, 0.6) is 0 Å². The van der Waals surface area contributed by atoms with Crippen molar-refractivity contribution in [2.75, 3.05) is 58.9 Å². The molecule has 2 heterocycles. The van der Waals surface area contributed by atoms with Crippen molar-refractivity contribution in [2.24, 2.45) is 0 Å². The molecule has 0 bridgehead atoms. The first-order valence-corrected chi connectivity index (χ1v) is 9.99. The van der Waals surface area contributed by atoms with Crippen LogP contribution in [-0.4, -0.2) is 106 Å². The van der Waals surface area contributed by atoms with E-state index in [2.05, 4.69) is 9.80 Å². The number of carbonyl (C=O) groups excluding carboxylic acids is 1. The van der Waals surface area contributed by atoms with Crippen molar-refractivity contribution in [3.63, 3.8) is 0 Å². The molecular formula is C15H29N3O4S. The van der Waals surface area contributed by atoms with Gasteiger partial charge in [0.05, 0.1) is 30.3 Å². The SMILES string of the molecule is CC(C(=O)N(C)C1CCS(=O)(=O)C1)N1CCOC(CN(C)C)C1. The molecule has 0 spiro atoms. The first kappa shape index (κ1) is 18.6. The van der Waals surface area contributed by atoms with Gasteiger partial charge in [-0.1, -0.05) is 0 Å². The summed E-state index contributed by atoms with van der Waals surface area (Å²) >= 11 is 0. The summed E-state index contributed by atoms with van der Waals surface area (Å²) in [6.45, 7) is 4.81. The summed E-state index contributed by atoms with van der Waals surface area (Å²) < 4.78 is 29.0. The number of sulfone groups is 1. The number of amides is 1. The molecule has 2 fully saturated rings. The van der Waals surface area contributed by atoms with Crippen LogP contribution < -0.4 is 0 Å². The highest BCUT2D eigenvalue weighted by molar-refractivity contribution is 7.91. The third-order valence-corrected chi connectivity index (χ3v) is 6.50. The van der Waals surface area contributed by atoms with Crippen LogP contribution in [0.1, 0.15) is 13.3 Å². The van der Waals surface area contributed by atoms with Crippen LogP contribution in [0.15, 0.2) is 0 Å². The van der Waals surface area contributed by atoms with Gasteiger partial charge in [-0.05, 0) is 27.4 Å². The van der Waals surface area contributed by atoms with Crippen LogP contribution in [0.3, 0.4) is 0 Å². The number of likely N-dealkylation sites (N-methyl/N-ethyl adjacent to an activating group) is 2. The van der Waals surface area contributed by atoms with E-state index < -0.39 is 9.84 Å². The third-order valence-electron chi connectivity index (χ3n) is 4.75. The molecule has 0 saturated carbocycles. The van der Waals surface area contributed by atoms with E-state index in [4.69, 9.17) is 4.74 Å². The second-order valence-corrected chi connectivity index (χ2v) is 9.16. The maximum absolute atomic E-state index is 12.7. The lowest BCUT2D eigenvalue weighted by atomic mass is 10.1. The minimum absolute atomic E-state index is 0.00222. The molecule has 0 aromatic rings. The fraction of sp³-hybridized carbons (Fsp3) is 0.933. The van der Waals surface area contributed by atoms with Gasteiger partial charge < -0.3 is 14.5 Å². The van der Waals surface area contributed by atoms with Crippen molar-refractivity contribution in [2.45, 2.75) is 31.5 Å². The van der Waals surface area contributed by atoms with Gasteiger partial charge in [0.25, 0.3) is 0 Å². The Morgan fingerprint density at radius 3 is 2.61 bits per heavy atom. The Kier molecular flexibility index (Phi) is 6.05. The van der Waals surface area contributed by atoms with Crippen LogP contribution in [0.4, 0.5) is 0 Å². The van der Waals surface area contributed by atoms with Crippen molar-refractivity contribution >= 4 is 15.7 Å². The minimum atomic E-state index is -2.98. The molecule has 0 radical (unpaired) electrons. The van der Waals surface area contributed by atoms with Crippen LogP contribution in [0.25, 0.3) is 0 Å². The summed E-state index contributed by atoms with van der Waals surface area (Å²) in [7, 11) is 2.75. The lowest BCUT2D eigenvalue weighted by Crippen LogP contribution is -2.55. The van der Waals surface area contributed by atoms with Crippen molar-refractivity contribution in [1.29, 1.82) is 0 Å². The molecule has 3 atom stereocenters. The van der Waals surface area contributed by atoms with E-state index in [1.54, 1.807) is 11.9 Å². The Morgan fingerprint density at radius 1 is 1.35 bits per heavy atom. The number of hydrogen-bond acceptors (Lipinski definition) is 6. The van der Waals surface area contributed by atoms with Crippen molar-refractivity contribution in [3.8, 4) is 0 Å². The van der Waals surface area contributed by atoms with E-state index in [9.17, 15) is 13.2 Å². The first-order chi connectivity index (χ1) is 10.7. The molecule has 1 amide bonds. The monoisotopic (exact) mass is 347 g/mol. The Balaban J connectivity index is 1.93. The number of carbonyl (C=O) groups is 1.